The van der Waals surface area contributed by atoms with Crippen LogP contribution in [-0.2, 0) is 0 Å². The van der Waals surface area contributed by atoms with Gasteiger partial charge < -0.3 is 19.7 Å². The second-order valence-electron chi connectivity index (χ2n) is 6.57. The number of hydrogen-bond acceptors (Lipinski definition) is 6. The number of para-hydroxylation sites is 2. The average Bonchev–Trinajstić information content (AvgIpc) is 2.70. The third-order valence-electron chi connectivity index (χ3n) is 4.43. The van der Waals surface area contributed by atoms with Crippen LogP contribution >= 0.6 is 0 Å². The highest BCUT2D eigenvalue weighted by molar-refractivity contribution is 5.85. The molecule has 6 nitrogen and oxygen atoms in total. The van der Waals surface area contributed by atoms with Crippen molar-refractivity contribution in [3.8, 4) is 23.0 Å². The van der Waals surface area contributed by atoms with Crippen molar-refractivity contribution in [2.45, 2.75) is 25.7 Å². The predicted octanol–water partition coefficient (Wildman–Crippen LogP) is 3.97. The van der Waals surface area contributed by atoms with Gasteiger partial charge in [-0.15, -0.1) is 0 Å². The molecule has 0 atom stereocenters. The van der Waals surface area contributed by atoms with E-state index in [2.05, 4.69) is 9.98 Å². The molecule has 2 aromatic carbocycles. The second-order valence-corrected chi connectivity index (χ2v) is 6.57. The summed E-state index contributed by atoms with van der Waals surface area (Å²) in [7, 11) is 0. The van der Waals surface area contributed by atoms with Crippen molar-refractivity contribution < 1.29 is 19.7 Å². The molecule has 0 spiro atoms. The van der Waals surface area contributed by atoms with Crippen molar-refractivity contribution in [2.24, 2.45) is 9.98 Å². The minimum absolute atomic E-state index is 0.110. The van der Waals surface area contributed by atoms with Gasteiger partial charge in [-0.3, -0.25) is 9.98 Å². The first kappa shape index (κ1) is 19.7. The number of nitrogens with zero attached hydrogens (tertiary/aromatic N) is 2. The number of phenols is 2. The summed E-state index contributed by atoms with van der Waals surface area (Å²) in [6, 6.07) is 10.8. The smallest absolute Gasteiger partial charge is 0.166 e. The minimum Gasteiger partial charge on any atom is -0.504 e. The van der Waals surface area contributed by atoms with Crippen molar-refractivity contribution in [3.63, 3.8) is 0 Å². The van der Waals surface area contributed by atoms with Crippen LogP contribution in [0.15, 0.2) is 46.4 Å². The summed E-state index contributed by atoms with van der Waals surface area (Å²) in [4.78, 5) is 8.62. The zero-order valence-electron chi connectivity index (χ0n) is 15.9. The third kappa shape index (κ3) is 5.49. The Labute approximate surface area is 165 Å². The van der Waals surface area contributed by atoms with Gasteiger partial charge in [0.1, 0.15) is 0 Å². The molecule has 0 saturated heterocycles. The van der Waals surface area contributed by atoms with Gasteiger partial charge in [0.2, 0.25) is 0 Å². The fraction of sp³-hybridized carbons (Fsp3) is 0.364. The summed E-state index contributed by atoms with van der Waals surface area (Å²) < 4.78 is 11.4. The molecule has 2 N–H and O–H groups in total. The van der Waals surface area contributed by atoms with E-state index in [0.29, 0.717) is 48.9 Å². The van der Waals surface area contributed by atoms with Gasteiger partial charge in [-0.1, -0.05) is 12.1 Å². The lowest BCUT2D eigenvalue weighted by atomic mass is 10.2. The Hall–Kier alpha value is -3.02. The number of benzene rings is 2. The molecular formula is C22H26N2O4. The van der Waals surface area contributed by atoms with Crippen molar-refractivity contribution >= 4 is 12.4 Å². The van der Waals surface area contributed by atoms with E-state index < -0.39 is 0 Å². The first-order valence-corrected chi connectivity index (χ1v) is 9.65. The molecule has 6 heteroatoms. The van der Waals surface area contributed by atoms with Gasteiger partial charge in [0.25, 0.3) is 0 Å². The highest BCUT2D eigenvalue weighted by Crippen LogP contribution is 2.30. The van der Waals surface area contributed by atoms with E-state index in [-0.39, 0.29) is 11.5 Å². The molecule has 28 heavy (non-hydrogen) atoms. The number of aliphatic imine (C=N–C) groups is 2. The standard InChI is InChI=1S/C22H26N2O4/c25-21-17-7-5-9-19(21)27-13-3-1-2-4-14-28-20-10-6-8-18(22(20)26)16-24-12-11-23-15-17/h5-10,15-16,25-26H,1-4,11-14H2. The Kier molecular flexibility index (Phi) is 7.29. The van der Waals surface area contributed by atoms with Crippen LogP contribution in [0.2, 0.25) is 0 Å². The van der Waals surface area contributed by atoms with E-state index in [1.165, 1.54) is 0 Å². The van der Waals surface area contributed by atoms with Crippen LogP contribution in [-0.4, -0.2) is 48.9 Å². The monoisotopic (exact) mass is 382 g/mol. The van der Waals surface area contributed by atoms with Gasteiger partial charge >= 0.3 is 0 Å². The molecule has 1 heterocycles. The van der Waals surface area contributed by atoms with Gasteiger partial charge in [-0.2, -0.15) is 0 Å². The molecule has 0 fully saturated rings. The summed E-state index contributed by atoms with van der Waals surface area (Å²) in [5.74, 6) is 1.18. The maximum Gasteiger partial charge on any atom is 0.166 e. The van der Waals surface area contributed by atoms with E-state index in [0.717, 1.165) is 25.7 Å². The number of aromatic hydroxyl groups is 2. The molecule has 0 amide bonds. The highest BCUT2D eigenvalue weighted by atomic mass is 16.5. The first-order chi connectivity index (χ1) is 13.8. The van der Waals surface area contributed by atoms with Crippen molar-refractivity contribution in [2.75, 3.05) is 26.3 Å². The van der Waals surface area contributed by atoms with Gasteiger partial charge in [-0.05, 0) is 49.9 Å². The normalized spacial score (nSPS) is 16.0. The Balaban J connectivity index is 1.72. The Morgan fingerprint density at radius 1 is 0.643 bits per heavy atom. The Morgan fingerprint density at radius 2 is 1.11 bits per heavy atom. The second kappa shape index (κ2) is 10.3. The largest absolute Gasteiger partial charge is 0.504 e. The molecule has 1 aliphatic heterocycles. The average molecular weight is 382 g/mol. The van der Waals surface area contributed by atoms with Gasteiger partial charge in [0.05, 0.1) is 26.3 Å². The van der Waals surface area contributed by atoms with Crippen LogP contribution in [0, 0.1) is 0 Å². The van der Waals surface area contributed by atoms with Gasteiger partial charge in [0, 0.05) is 23.6 Å². The van der Waals surface area contributed by atoms with Crippen LogP contribution in [0.5, 0.6) is 23.0 Å². The van der Waals surface area contributed by atoms with E-state index >= 15 is 0 Å². The number of phenolic OH excluding ortho intramolecular Hbond substituents is 2. The van der Waals surface area contributed by atoms with Gasteiger partial charge in [-0.25, -0.2) is 0 Å². The maximum absolute atomic E-state index is 10.3. The number of hydrogen-bond donors (Lipinski definition) is 2. The molecule has 0 aromatic heterocycles. The molecule has 2 aromatic rings. The predicted molar refractivity (Wildman–Crippen MR) is 111 cm³/mol. The van der Waals surface area contributed by atoms with E-state index in [1.807, 2.05) is 12.1 Å². The topological polar surface area (TPSA) is 83.6 Å². The lowest BCUT2D eigenvalue weighted by molar-refractivity contribution is 0.274. The quantitative estimate of drug-likeness (QED) is 0.722. The fourth-order valence-electron chi connectivity index (χ4n) is 2.88. The highest BCUT2D eigenvalue weighted by Gasteiger charge is 2.08. The SMILES string of the molecule is Oc1c2cccc1OCCCCCCOc1cccc(c1O)C=NCCN=C2. The molecule has 3 rings (SSSR count). The Morgan fingerprint density at radius 3 is 1.57 bits per heavy atom. The van der Waals surface area contributed by atoms with Crippen LogP contribution in [0.25, 0.3) is 0 Å². The first-order valence-electron chi connectivity index (χ1n) is 9.65. The van der Waals surface area contributed by atoms with E-state index in [9.17, 15) is 10.2 Å². The van der Waals surface area contributed by atoms with Crippen LogP contribution in [0.1, 0.15) is 36.8 Å². The van der Waals surface area contributed by atoms with Crippen molar-refractivity contribution in [1.29, 1.82) is 0 Å². The van der Waals surface area contributed by atoms with E-state index in [4.69, 9.17) is 9.47 Å². The molecule has 0 aliphatic carbocycles. The molecule has 0 radical (unpaired) electrons. The van der Waals surface area contributed by atoms with Gasteiger partial charge in [0.15, 0.2) is 23.0 Å². The zero-order chi connectivity index (χ0) is 19.6. The summed E-state index contributed by atoms with van der Waals surface area (Å²) in [6.45, 7) is 2.04. The summed E-state index contributed by atoms with van der Waals surface area (Å²) in [5.41, 5.74) is 1.25. The fourth-order valence-corrected chi connectivity index (χ4v) is 2.88. The maximum atomic E-state index is 10.3. The lowest BCUT2D eigenvalue weighted by Gasteiger charge is -2.11. The van der Waals surface area contributed by atoms with Crippen LogP contribution in [0.4, 0.5) is 0 Å². The Bertz CT molecular complexity index is 764. The summed E-state index contributed by atoms with van der Waals surface area (Å²) in [5, 5.41) is 20.7. The molecule has 148 valence electrons. The zero-order valence-corrected chi connectivity index (χ0v) is 15.9. The minimum atomic E-state index is 0.110. The van der Waals surface area contributed by atoms with Crippen LogP contribution in [0.3, 0.4) is 0 Å². The van der Waals surface area contributed by atoms with Crippen LogP contribution < -0.4 is 9.47 Å². The number of ether oxygens (including phenoxy) is 2. The number of fused-ring (bicyclic) bond motifs is 4. The molecule has 0 saturated carbocycles. The molecule has 1 aliphatic rings. The van der Waals surface area contributed by atoms with Crippen molar-refractivity contribution in [3.05, 3.63) is 47.5 Å². The summed E-state index contributed by atoms with van der Waals surface area (Å²) >= 11 is 0. The molecule has 0 unspecified atom stereocenters. The molecule has 4 bridgehead atoms. The lowest BCUT2D eigenvalue weighted by Crippen LogP contribution is -2.01. The molecular weight excluding hydrogens is 356 g/mol. The number of rotatable bonds is 0. The van der Waals surface area contributed by atoms with E-state index in [1.54, 1.807) is 36.7 Å². The van der Waals surface area contributed by atoms with Crippen molar-refractivity contribution in [1.82, 2.24) is 0 Å². The summed E-state index contributed by atoms with van der Waals surface area (Å²) in [6.07, 6.45) is 7.06. The third-order valence-corrected chi connectivity index (χ3v) is 4.43.